The van der Waals surface area contributed by atoms with Crippen molar-refractivity contribution in [1.29, 1.82) is 0 Å². The Bertz CT molecular complexity index is 1370. The lowest BCUT2D eigenvalue weighted by Gasteiger charge is -2.18. The van der Waals surface area contributed by atoms with Gasteiger partial charge in [-0.05, 0) is 92.4 Å². The van der Waals surface area contributed by atoms with Crippen LogP contribution in [0.5, 0.6) is 11.5 Å². The number of aromatic nitrogens is 1. The summed E-state index contributed by atoms with van der Waals surface area (Å²) >= 11 is 0. The summed E-state index contributed by atoms with van der Waals surface area (Å²) in [5, 5.41) is 20.8. The molecule has 2 heterocycles. The second kappa shape index (κ2) is 9.71. The molecule has 1 aliphatic heterocycles. The molecule has 0 saturated carbocycles. The summed E-state index contributed by atoms with van der Waals surface area (Å²) in [6.45, 7) is 8.15. The largest absolute Gasteiger partial charge is 0.457 e. The predicted octanol–water partition coefficient (Wildman–Crippen LogP) is 5.76. The molecule has 2 N–H and O–H groups in total. The van der Waals surface area contributed by atoms with Crippen LogP contribution in [0.15, 0.2) is 66.9 Å². The van der Waals surface area contributed by atoms with Gasteiger partial charge in [-0.2, -0.15) is 0 Å². The molecule has 1 aliphatic rings. The Hall–Kier alpha value is -3.16. The average molecular weight is 488 g/mol. The van der Waals surface area contributed by atoms with E-state index >= 15 is 0 Å². The molecule has 188 valence electrons. The Morgan fingerprint density at radius 1 is 1.03 bits per heavy atom. The van der Waals surface area contributed by atoms with E-state index < -0.39 is 11.9 Å². The Balaban J connectivity index is 1.52. The van der Waals surface area contributed by atoms with Crippen molar-refractivity contribution in [2.45, 2.75) is 52.1 Å². The molecule has 0 aliphatic carbocycles. The maximum atomic E-state index is 10.3. The quantitative estimate of drug-likeness (QED) is 0.347. The van der Waals surface area contributed by atoms with Gasteiger partial charge in [0.2, 0.25) is 0 Å². The molecule has 0 unspecified atom stereocenters. The van der Waals surface area contributed by atoms with Crippen molar-refractivity contribution in [2.75, 3.05) is 13.2 Å². The number of aliphatic hydroxyl groups is 2. The highest BCUT2D eigenvalue weighted by atomic mass is 16.7. The van der Waals surface area contributed by atoms with Gasteiger partial charge in [0.25, 0.3) is 0 Å². The fourth-order valence-corrected chi connectivity index (χ4v) is 4.78. The lowest BCUT2D eigenvalue weighted by Crippen LogP contribution is -2.19. The van der Waals surface area contributed by atoms with Gasteiger partial charge >= 0.3 is 0 Å². The number of hydrogen-bond acceptors (Lipinski definition) is 5. The number of benzene rings is 3. The van der Waals surface area contributed by atoms with Crippen LogP contribution in [0.25, 0.3) is 16.6 Å². The van der Waals surface area contributed by atoms with E-state index in [1.165, 1.54) is 11.1 Å². The highest BCUT2D eigenvalue weighted by Gasteiger charge is 2.35. The summed E-state index contributed by atoms with van der Waals surface area (Å²) < 4.78 is 20.2. The maximum Gasteiger partial charge on any atom is 0.163 e. The Morgan fingerprint density at radius 3 is 2.44 bits per heavy atom. The monoisotopic (exact) mass is 487 g/mol. The number of rotatable bonds is 7. The minimum absolute atomic E-state index is 0.210. The van der Waals surface area contributed by atoms with Crippen LogP contribution in [-0.2, 0) is 15.9 Å². The first-order valence-corrected chi connectivity index (χ1v) is 12.3. The van der Waals surface area contributed by atoms with Crippen LogP contribution >= 0.6 is 0 Å². The second-order valence-corrected chi connectivity index (χ2v) is 9.97. The highest BCUT2D eigenvalue weighted by molar-refractivity contribution is 5.89. The summed E-state index contributed by atoms with van der Waals surface area (Å²) in [6, 6.07) is 20.2. The van der Waals surface area contributed by atoms with Gasteiger partial charge in [0.1, 0.15) is 17.6 Å². The summed E-state index contributed by atoms with van der Waals surface area (Å²) in [5.74, 6) is 0.920. The average Bonchev–Trinajstić information content (AvgIpc) is 3.41. The third kappa shape index (κ3) is 4.90. The standard InChI is InChI=1S/C30H33NO5/c1-19-8-11-25(14-20(19)2)35-24-12-9-22(10-13-24)31-16-21(15-23(33)17-32)29-26(6-5-7-27(29)31)28-18-34-30(3,4)36-28/h5-14,16,23,28,32-33H,15,17-18H2,1-4H3/t23-,28+/m0/s1. The number of nitrogens with zero attached hydrogens (tertiary/aromatic N) is 1. The maximum absolute atomic E-state index is 10.3. The van der Waals surface area contributed by atoms with Crippen LogP contribution < -0.4 is 4.74 Å². The predicted molar refractivity (Wildman–Crippen MR) is 140 cm³/mol. The van der Waals surface area contributed by atoms with E-state index in [4.69, 9.17) is 14.2 Å². The van der Waals surface area contributed by atoms with E-state index in [-0.39, 0.29) is 12.7 Å². The Morgan fingerprint density at radius 2 is 1.78 bits per heavy atom. The van der Waals surface area contributed by atoms with Gasteiger partial charge < -0.3 is 29.0 Å². The first-order valence-electron chi connectivity index (χ1n) is 12.3. The van der Waals surface area contributed by atoms with Crippen molar-refractivity contribution < 1.29 is 24.4 Å². The minimum Gasteiger partial charge on any atom is -0.457 e. The molecule has 36 heavy (non-hydrogen) atoms. The van der Waals surface area contributed by atoms with Crippen LogP contribution in [0.3, 0.4) is 0 Å². The zero-order valence-corrected chi connectivity index (χ0v) is 21.2. The van der Waals surface area contributed by atoms with Crippen LogP contribution in [0.1, 0.15) is 42.2 Å². The first kappa shape index (κ1) is 24.5. The first-order chi connectivity index (χ1) is 17.2. The van der Waals surface area contributed by atoms with E-state index in [9.17, 15) is 10.2 Å². The van der Waals surface area contributed by atoms with Crippen LogP contribution in [0, 0.1) is 13.8 Å². The summed E-state index contributed by atoms with van der Waals surface area (Å²) in [5.41, 5.74) is 6.37. The number of fused-ring (bicyclic) bond motifs is 1. The molecule has 0 radical (unpaired) electrons. The van der Waals surface area contributed by atoms with Crippen LogP contribution in [0.2, 0.25) is 0 Å². The van der Waals surface area contributed by atoms with Gasteiger partial charge in [-0.3, -0.25) is 0 Å². The van der Waals surface area contributed by atoms with E-state index in [0.717, 1.165) is 39.2 Å². The second-order valence-electron chi connectivity index (χ2n) is 9.97. The van der Waals surface area contributed by atoms with Gasteiger partial charge in [-0.15, -0.1) is 0 Å². The molecule has 5 rings (SSSR count). The summed E-state index contributed by atoms with van der Waals surface area (Å²) in [4.78, 5) is 0. The zero-order valence-electron chi connectivity index (χ0n) is 21.2. The van der Waals surface area contributed by atoms with Gasteiger partial charge in [-0.1, -0.05) is 18.2 Å². The van der Waals surface area contributed by atoms with E-state index in [1.54, 1.807) is 0 Å². The van der Waals surface area contributed by atoms with Gasteiger partial charge in [-0.25, -0.2) is 0 Å². The normalized spacial score (nSPS) is 18.0. The third-order valence-electron chi connectivity index (χ3n) is 6.79. The Kier molecular flexibility index (Phi) is 6.62. The van der Waals surface area contributed by atoms with Crippen LogP contribution in [-0.4, -0.2) is 39.9 Å². The van der Waals surface area contributed by atoms with E-state index in [2.05, 4.69) is 36.6 Å². The lowest BCUT2D eigenvalue weighted by molar-refractivity contribution is -0.138. The number of ether oxygens (including phenoxy) is 3. The fraction of sp³-hybridized carbons (Fsp3) is 0.333. The molecule has 0 bridgehead atoms. The molecule has 1 fully saturated rings. The lowest BCUT2D eigenvalue weighted by atomic mass is 9.99. The van der Waals surface area contributed by atoms with E-state index in [0.29, 0.717) is 13.0 Å². The molecule has 6 nitrogen and oxygen atoms in total. The third-order valence-corrected chi connectivity index (χ3v) is 6.79. The molecule has 3 aromatic carbocycles. The molecule has 0 amide bonds. The van der Waals surface area contributed by atoms with Gasteiger partial charge in [0.05, 0.1) is 24.8 Å². The molecule has 1 aromatic heterocycles. The van der Waals surface area contributed by atoms with Crippen molar-refractivity contribution in [3.63, 3.8) is 0 Å². The minimum atomic E-state index is -0.844. The van der Waals surface area contributed by atoms with Gasteiger partial charge in [0.15, 0.2) is 5.79 Å². The molecule has 0 spiro atoms. The molecule has 6 heteroatoms. The molecule has 4 aromatic rings. The Labute approximate surface area is 211 Å². The van der Waals surface area contributed by atoms with Crippen molar-refractivity contribution in [3.05, 3.63) is 89.1 Å². The summed E-state index contributed by atoms with van der Waals surface area (Å²) in [6.07, 6.45) is 1.32. The number of aryl methyl sites for hydroxylation is 2. The van der Waals surface area contributed by atoms with Crippen LogP contribution in [0.4, 0.5) is 0 Å². The molecular weight excluding hydrogens is 454 g/mol. The van der Waals surface area contributed by atoms with Crippen molar-refractivity contribution >= 4 is 10.9 Å². The van der Waals surface area contributed by atoms with Crippen molar-refractivity contribution in [1.82, 2.24) is 4.57 Å². The molecular formula is C30H33NO5. The van der Waals surface area contributed by atoms with Crippen molar-refractivity contribution in [2.24, 2.45) is 0 Å². The number of aliphatic hydroxyl groups excluding tert-OH is 2. The summed E-state index contributed by atoms with van der Waals surface area (Å²) in [7, 11) is 0. The smallest absolute Gasteiger partial charge is 0.163 e. The topological polar surface area (TPSA) is 73.1 Å². The number of hydrogen-bond donors (Lipinski definition) is 2. The zero-order chi connectivity index (χ0) is 25.4. The fourth-order valence-electron chi connectivity index (χ4n) is 4.78. The SMILES string of the molecule is Cc1ccc(Oc2ccc(-n3cc(C[C@H](O)CO)c4c([C@H]5COC(C)(C)O5)cccc43)cc2)cc1C. The van der Waals surface area contributed by atoms with Crippen molar-refractivity contribution in [3.8, 4) is 17.2 Å². The molecule has 2 atom stereocenters. The van der Waals surface area contributed by atoms with E-state index in [1.807, 2.05) is 62.5 Å². The molecule has 1 saturated heterocycles. The highest BCUT2D eigenvalue weighted by Crippen LogP contribution is 2.39. The van der Waals surface area contributed by atoms with Gasteiger partial charge in [0, 0.05) is 23.7 Å².